The van der Waals surface area contributed by atoms with Gasteiger partial charge in [0.2, 0.25) is 0 Å². The Morgan fingerprint density at radius 2 is 0.836 bits per heavy atom. The smallest absolute Gasteiger partial charge is 0.0159 e. The van der Waals surface area contributed by atoms with E-state index in [1.54, 1.807) is 0 Å². The summed E-state index contributed by atoms with van der Waals surface area (Å²) in [6.45, 7) is 4.75. The molecular weight excluding hydrogens is 661 g/mol. The standard InChI is InChI=1S/C55H36/c1-55(2)48-23-12-11-18-39(48)47-31-37-27-25-33-24-26-36(30-45(33)46(37)32-49(47)55)38-28-29-44-52-40(38)21-13-22-43(52)53-50(34-14-5-3-6-15-34)41-19-9-10-20-42(41)51(54(44)53)35-16-7-4-8-17-35/h3-32H,1-2H3. The Balaban J connectivity index is 1.12. The van der Waals surface area contributed by atoms with Crippen molar-refractivity contribution in [3.05, 3.63) is 193 Å². The van der Waals surface area contributed by atoms with E-state index in [0.717, 1.165) is 0 Å². The van der Waals surface area contributed by atoms with Gasteiger partial charge in [-0.3, -0.25) is 0 Å². The zero-order chi connectivity index (χ0) is 36.4. The third-order valence-electron chi connectivity index (χ3n) is 12.8. The lowest BCUT2D eigenvalue weighted by Crippen LogP contribution is -2.14. The summed E-state index contributed by atoms with van der Waals surface area (Å²) in [5.41, 5.74) is 18.5. The Bertz CT molecular complexity index is 3160. The van der Waals surface area contributed by atoms with Crippen molar-refractivity contribution in [2.24, 2.45) is 0 Å². The molecule has 0 aliphatic heterocycles. The number of fused-ring (bicyclic) bond motifs is 10. The number of benzene rings is 10. The highest BCUT2D eigenvalue weighted by Gasteiger charge is 2.36. The molecule has 0 saturated heterocycles. The quantitative estimate of drug-likeness (QED) is 0.161. The van der Waals surface area contributed by atoms with Crippen LogP contribution in [0.2, 0.25) is 0 Å². The van der Waals surface area contributed by atoms with Gasteiger partial charge in [-0.2, -0.15) is 0 Å². The SMILES string of the molecule is CC1(C)c2ccccc2-c2cc3ccc4ccc(-c5ccc6c7c(cccc57)-c5c-6c(-c6ccccc6)c6ccccc6c5-c5ccccc5)cc4c3cc21. The topological polar surface area (TPSA) is 0 Å². The molecule has 0 atom stereocenters. The Labute approximate surface area is 321 Å². The second-order valence-corrected chi connectivity index (χ2v) is 16.0. The Morgan fingerprint density at radius 1 is 0.291 bits per heavy atom. The van der Waals surface area contributed by atoms with Crippen LogP contribution in [0.25, 0.3) is 110 Å². The summed E-state index contributed by atoms with van der Waals surface area (Å²) < 4.78 is 0. The van der Waals surface area contributed by atoms with Crippen molar-refractivity contribution >= 4 is 43.1 Å². The van der Waals surface area contributed by atoms with Crippen LogP contribution in [0.15, 0.2) is 182 Å². The lowest BCUT2D eigenvalue weighted by atomic mass is 9.81. The van der Waals surface area contributed by atoms with Gasteiger partial charge in [0.15, 0.2) is 0 Å². The summed E-state index contributed by atoms with van der Waals surface area (Å²) in [4.78, 5) is 0. The first-order valence-corrected chi connectivity index (χ1v) is 19.4. The molecular formula is C55H36. The first kappa shape index (κ1) is 30.7. The molecule has 0 heterocycles. The van der Waals surface area contributed by atoms with Crippen LogP contribution in [-0.4, -0.2) is 0 Å². The predicted molar refractivity (Wildman–Crippen MR) is 235 cm³/mol. The highest BCUT2D eigenvalue weighted by atomic mass is 14.4. The highest BCUT2D eigenvalue weighted by Crippen LogP contribution is 2.58. The van der Waals surface area contributed by atoms with Gasteiger partial charge in [-0.05, 0) is 139 Å². The van der Waals surface area contributed by atoms with Crippen molar-refractivity contribution in [2.45, 2.75) is 19.3 Å². The van der Waals surface area contributed by atoms with Gasteiger partial charge in [0.05, 0.1) is 0 Å². The van der Waals surface area contributed by atoms with E-state index < -0.39 is 0 Å². The van der Waals surface area contributed by atoms with E-state index in [9.17, 15) is 0 Å². The molecule has 0 spiro atoms. The fraction of sp³-hybridized carbons (Fsp3) is 0.0545. The van der Waals surface area contributed by atoms with Crippen LogP contribution in [0.1, 0.15) is 25.0 Å². The van der Waals surface area contributed by atoms with Gasteiger partial charge in [-0.25, -0.2) is 0 Å². The minimum Gasteiger partial charge on any atom is -0.0622 e. The molecule has 0 unspecified atom stereocenters. The van der Waals surface area contributed by atoms with Crippen molar-refractivity contribution in [2.75, 3.05) is 0 Å². The van der Waals surface area contributed by atoms with Crippen LogP contribution in [-0.2, 0) is 5.41 Å². The lowest BCUT2D eigenvalue weighted by Gasteiger charge is -2.22. The summed E-state index contributed by atoms with van der Waals surface area (Å²) >= 11 is 0. The average molecular weight is 697 g/mol. The molecule has 0 amide bonds. The Morgan fingerprint density at radius 3 is 1.56 bits per heavy atom. The Kier molecular flexibility index (Phi) is 6.21. The maximum atomic E-state index is 2.49. The van der Waals surface area contributed by atoms with Gasteiger partial charge in [0.1, 0.15) is 0 Å². The third kappa shape index (κ3) is 4.17. The van der Waals surface area contributed by atoms with Crippen molar-refractivity contribution < 1.29 is 0 Å². The maximum Gasteiger partial charge on any atom is 0.0159 e. The number of hydrogen-bond donors (Lipinski definition) is 0. The van der Waals surface area contributed by atoms with Gasteiger partial charge in [0, 0.05) is 5.41 Å². The first-order valence-electron chi connectivity index (χ1n) is 19.4. The molecule has 10 aromatic carbocycles. The van der Waals surface area contributed by atoms with Gasteiger partial charge in [0.25, 0.3) is 0 Å². The van der Waals surface area contributed by atoms with E-state index in [1.807, 2.05) is 0 Å². The highest BCUT2D eigenvalue weighted by molar-refractivity contribution is 6.29. The minimum absolute atomic E-state index is 0.0470. The first-order chi connectivity index (χ1) is 27.1. The fourth-order valence-electron chi connectivity index (χ4n) is 10.3. The van der Waals surface area contributed by atoms with Gasteiger partial charge in [-0.1, -0.05) is 178 Å². The monoisotopic (exact) mass is 696 g/mol. The van der Waals surface area contributed by atoms with Crippen LogP contribution < -0.4 is 0 Å². The van der Waals surface area contributed by atoms with Crippen LogP contribution in [0, 0.1) is 0 Å². The zero-order valence-corrected chi connectivity index (χ0v) is 30.8. The molecule has 0 heteroatoms. The third-order valence-corrected chi connectivity index (χ3v) is 12.8. The second kappa shape index (κ2) is 11.1. The lowest BCUT2D eigenvalue weighted by molar-refractivity contribution is 0.661. The van der Waals surface area contributed by atoms with Gasteiger partial charge >= 0.3 is 0 Å². The van der Waals surface area contributed by atoms with E-state index in [2.05, 4.69) is 196 Å². The molecule has 2 aliphatic carbocycles. The van der Waals surface area contributed by atoms with E-state index in [0.29, 0.717) is 0 Å². The molecule has 10 aromatic rings. The summed E-state index contributed by atoms with van der Waals surface area (Å²) in [7, 11) is 0. The molecule has 0 saturated carbocycles. The van der Waals surface area contributed by atoms with Crippen molar-refractivity contribution in [3.8, 4) is 66.8 Å². The summed E-state index contributed by atoms with van der Waals surface area (Å²) in [5.74, 6) is 0. The zero-order valence-electron chi connectivity index (χ0n) is 30.8. The molecule has 12 rings (SSSR count). The van der Waals surface area contributed by atoms with Crippen molar-refractivity contribution in [1.29, 1.82) is 0 Å². The van der Waals surface area contributed by atoms with E-state index in [1.165, 1.54) is 121 Å². The number of hydrogen-bond acceptors (Lipinski definition) is 0. The summed E-state index contributed by atoms with van der Waals surface area (Å²) in [6, 6.07) is 68.3. The van der Waals surface area contributed by atoms with Crippen LogP contribution in [0.5, 0.6) is 0 Å². The van der Waals surface area contributed by atoms with Crippen molar-refractivity contribution in [1.82, 2.24) is 0 Å². The summed E-state index contributed by atoms with van der Waals surface area (Å²) in [5, 5.41) is 10.4. The molecule has 0 radical (unpaired) electrons. The van der Waals surface area contributed by atoms with Crippen LogP contribution in [0.3, 0.4) is 0 Å². The van der Waals surface area contributed by atoms with E-state index >= 15 is 0 Å². The minimum atomic E-state index is -0.0470. The Hall–Kier alpha value is -6.76. The van der Waals surface area contributed by atoms with E-state index in [4.69, 9.17) is 0 Å². The normalized spacial score (nSPS) is 13.4. The molecule has 0 aromatic heterocycles. The summed E-state index contributed by atoms with van der Waals surface area (Å²) in [6.07, 6.45) is 0. The van der Waals surface area contributed by atoms with Crippen LogP contribution in [0.4, 0.5) is 0 Å². The van der Waals surface area contributed by atoms with Crippen LogP contribution >= 0.6 is 0 Å². The molecule has 0 N–H and O–H groups in total. The molecule has 2 aliphatic rings. The van der Waals surface area contributed by atoms with Gasteiger partial charge in [-0.15, -0.1) is 0 Å². The van der Waals surface area contributed by atoms with E-state index in [-0.39, 0.29) is 5.41 Å². The molecule has 0 bridgehead atoms. The average Bonchev–Trinajstić information content (AvgIpc) is 3.68. The maximum absolute atomic E-state index is 2.49. The van der Waals surface area contributed by atoms with Crippen molar-refractivity contribution in [3.63, 3.8) is 0 Å². The predicted octanol–water partition coefficient (Wildman–Crippen LogP) is 15.3. The molecule has 256 valence electrons. The fourth-order valence-corrected chi connectivity index (χ4v) is 10.3. The largest absolute Gasteiger partial charge is 0.0622 e. The molecule has 55 heavy (non-hydrogen) atoms. The molecule has 0 fully saturated rings. The number of rotatable bonds is 3. The molecule has 0 nitrogen and oxygen atoms in total. The van der Waals surface area contributed by atoms with Gasteiger partial charge < -0.3 is 0 Å². The second-order valence-electron chi connectivity index (χ2n) is 16.0.